The highest BCUT2D eigenvalue weighted by Crippen LogP contribution is 2.33. The standard InChI is InChI=1S/C17H24ClF3N4O3.HI/c1-22-15(25-10-16(2-5-26)3-6-27-11-16)23-4-7-28-14-13(18)8-12(9-24-14)17(19,20)21;/h8-9,26H,2-7,10-11H2,1H3,(H2,22,23,25);1H. The lowest BCUT2D eigenvalue weighted by Gasteiger charge is -2.27. The van der Waals surface area contributed by atoms with E-state index in [1.54, 1.807) is 7.05 Å². The Hall–Kier alpha value is -1.05. The van der Waals surface area contributed by atoms with Gasteiger partial charge >= 0.3 is 6.18 Å². The summed E-state index contributed by atoms with van der Waals surface area (Å²) in [6, 6.07) is 0.780. The molecule has 12 heteroatoms. The molecule has 1 aromatic rings. The molecule has 1 unspecified atom stereocenters. The van der Waals surface area contributed by atoms with Crippen LogP contribution in [-0.4, -0.2) is 62.6 Å². The van der Waals surface area contributed by atoms with Gasteiger partial charge in [0.1, 0.15) is 11.6 Å². The first-order valence-corrected chi connectivity index (χ1v) is 9.16. The van der Waals surface area contributed by atoms with Crippen LogP contribution in [0.2, 0.25) is 5.02 Å². The molecule has 1 aromatic heterocycles. The predicted molar refractivity (Wildman–Crippen MR) is 114 cm³/mol. The molecule has 1 fully saturated rings. The van der Waals surface area contributed by atoms with Crippen molar-refractivity contribution in [1.82, 2.24) is 15.6 Å². The van der Waals surface area contributed by atoms with E-state index in [1.807, 2.05) is 0 Å². The molecule has 1 aliphatic heterocycles. The van der Waals surface area contributed by atoms with Gasteiger partial charge in [0.05, 0.1) is 18.7 Å². The van der Waals surface area contributed by atoms with Gasteiger partial charge in [0, 0.05) is 38.4 Å². The second-order valence-electron chi connectivity index (χ2n) is 6.49. The van der Waals surface area contributed by atoms with Crippen LogP contribution in [0.25, 0.3) is 0 Å². The number of aliphatic imine (C=N–C) groups is 1. The molecule has 0 saturated carbocycles. The summed E-state index contributed by atoms with van der Waals surface area (Å²) in [6.45, 7) is 2.40. The van der Waals surface area contributed by atoms with Gasteiger partial charge in [0.25, 0.3) is 0 Å². The number of ether oxygens (including phenoxy) is 2. The number of aliphatic hydroxyl groups is 1. The van der Waals surface area contributed by atoms with E-state index in [0.717, 1.165) is 12.5 Å². The normalized spacial score (nSPS) is 19.6. The number of aliphatic hydroxyl groups excluding tert-OH is 1. The molecule has 2 heterocycles. The second kappa shape index (κ2) is 12.0. The van der Waals surface area contributed by atoms with Crippen LogP contribution in [0.15, 0.2) is 17.3 Å². The van der Waals surface area contributed by atoms with Gasteiger partial charge in [-0.15, -0.1) is 24.0 Å². The van der Waals surface area contributed by atoms with E-state index in [-0.39, 0.29) is 53.5 Å². The second-order valence-corrected chi connectivity index (χ2v) is 6.89. The molecule has 2 rings (SSSR count). The van der Waals surface area contributed by atoms with Crippen LogP contribution in [0.4, 0.5) is 13.2 Å². The molecular formula is C17H25ClF3IN4O3. The van der Waals surface area contributed by atoms with Gasteiger partial charge in [-0.25, -0.2) is 4.98 Å². The third-order valence-corrected chi connectivity index (χ3v) is 4.72. The number of alkyl halides is 3. The predicted octanol–water partition coefficient (Wildman–Crippen LogP) is 2.70. The van der Waals surface area contributed by atoms with Gasteiger partial charge in [0.2, 0.25) is 5.88 Å². The Labute approximate surface area is 189 Å². The molecule has 0 aromatic carbocycles. The highest BCUT2D eigenvalue weighted by molar-refractivity contribution is 14.0. The summed E-state index contributed by atoms with van der Waals surface area (Å²) in [4.78, 5) is 7.72. The third-order valence-electron chi connectivity index (χ3n) is 4.45. The van der Waals surface area contributed by atoms with Crippen molar-refractivity contribution in [3.05, 3.63) is 22.8 Å². The van der Waals surface area contributed by atoms with Crippen LogP contribution in [0.1, 0.15) is 18.4 Å². The van der Waals surface area contributed by atoms with Crippen molar-refractivity contribution in [3.63, 3.8) is 0 Å². The third kappa shape index (κ3) is 7.95. The lowest BCUT2D eigenvalue weighted by atomic mass is 9.84. The fourth-order valence-electron chi connectivity index (χ4n) is 2.81. The summed E-state index contributed by atoms with van der Waals surface area (Å²) in [7, 11) is 1.62. The number of halogens is 5. The molecule has 7 nitrogen and oxygen atoms in total. The Kier molecular flexibility index (Phi) is 10.7. The van der Waals surface area contributed by atoms with E-state index in [1.165, 1.54) is 0 Å². The molecular weight excluding hydrogens is 528 g/mol. The van der Waals surface area contributed by atoms with E-state index in [2.05, 4.69) is 20.6 Å². The number of pyridine rings is 1. The summed E-state index contributed by atoms with van der Waals surface area (Å²) in [6.07, 6.45) is -2.33. The first-order chi connectivity index (χ1) is 13.3. The van der Waals surface area contributed by atoms with Crippen molar-refractivity contribution < 1.29 is 27.8 Å². The summed E-state index contributed by atoms with van der Waals surface area (Å²) in [5.74, 6) is 0.476. The minimum Gasteiger partial charge on any atom is -0.475 e. The van der Waals surface area contributed by atoms with Gasteiger partial charge in [-0.3, -0.25) is 4.99 Å². The van der Waals surface area contributed by atoms with Crippen LogP contribution >= 0.6 is 35.6 Å². The molecule has 1 aliphatic rings. The van der Waals surface area contributed by atoms with Gasteiger partial charge in [0.15, 0.2) is 5.96 Å². The number of guanidine groups is 1. The zero-order valence-corrected chi connectivity index (χ0v) is 19.0. The van der Waals surface area contributed by atoms with Crippen molar-refractivity contribution in [2.45, 2.75) is 19.0 Å². The number of nitrogens with zero attached hydrogens (tertiary/aromatic N) is 2. The fourth-order valence-corrected chi connectivity index (χ4v) is 3.03. The molecule has 0 aliphatic carbocycles. The van der Waals surface area contributed by atoms with Crippen LogP contribution < -0.4 is 15.4 Å². The molecule has 0 amide bonds. The number of rotatable bonds is 8. The van der Waals surface area contributed by atoms with Crippen molar-refractivity contribution in [3.8, 4) is 5.88 Å². The summed E-state index contributed by atoms with van der Waals surface area (Å²) >= 11 is 5.80. The molecule has 3 N–H and O–H groups in total. The number of hydrogen-bond acceptors (Lipinski definition) is 5. The highest BCUT2D eigenvalue weighted by Gasteiger charge is 2.34. The molecule has 0 radical (unpaired) electrons. The van der Waals surface area contributed by atoms with Crippen molar-refractivity contribution in [2.24, 2.45) is 10.4 Å². The zero-order chi connectivity index (χ0) is 20.6. The molecule has 0 bridgehead atoms. The Balaban J connectivity index is 0.00000420. The van der Waals surface area contributed by atoms with E-state index in [4.69, 9.17) is 21.1 Å². The minimum atomic E-state index is -4.51. The average molecular weight is 553 g/mol. The summed E-state index contributed by atoms with van der Waals surface area (Å²) < 4.78 is 48.6. The molecule has 1 saturated heterocycles. The van der Waals surface area contributed by atoms with Crippen LogP contribution in [0, 0.1) is 5.41 Å². The Morgan fingerprint density at radius 1 is 1.45 bits per heavy atom. The summed E-state index contributed by atoms with van der Waals surface area (Å²) in [5, 5.41) is 15.3. The minimum absolute atomic E-state index is 0. The highest BCUT2D eigenvalue weighted by atomic mass is 127. The zero-order valence-electron chi connectivity index (χ0n) is 15.9. The SMILES string of the molecule is CN=C(NCCOc1ncc(C(F)(F)F)cc1Cl)NCC1(CCO)CCOC1.I. The van der Waals surface area contributed by atoms with Gasteiger partial charge in [-0.1, -0.05) is 11.6 Å². The Bertz CT molecular complexity index is 674. The number of aromatic nitrogens is 1. The number of nitrogens with one attached hydrogen (secondary N) is 2. The van der Waals surface area contributed by atoms with Crippen molar-refractivity contribution >= 4 is 41.5 Å². The first kappa shape index (κ1) is 26.0. The molecule has 166 valence electrons. The van der Waals surface area contributed by atoms with E-state index >= 15 is 0 Å². The topological polar surface area (TPSA) is 88.0 Å². The lowest BCUT2D eigenvalue weighted by Crippen LogP contribution is -2.45. The van der Waals surface area contributed by atoms with Gasteiger partial charge in [-0.05, 0) is 18.9 Å². The van der Waals surface area contributed by atoms with Gasteiger partial charge < -0.3 is 25.2 Å². The number of hydrogen-bond donors (Lipinski definition) is 3. The van der Waals surface area contributed by atoms with Crippen LogP contribution in [0.3, 0.4) is 0 Å². The molecule has 1 atom stereocenters. The monoisotopic (exact) mass is 552 g/mol. The summed E-state index contributed by atoms with van der Waals surface area (Å²) in [5.41, 5.74) is -1.05. The maximum Gasteiger partial charge on any atom is 0.417 e. The largest absolute Gasteiger partial charge is 0.475 e. The van der Waals surface area contributed by atoms with E-state index < -0.39 is 11.7 Å². The van der Waals surface area contributed by atoms with Crippen LogP contribution in [-0.2, 0) is 10.9 Å². The average Bonchev–Trinajstić information content (AvgIpc) is 3.10. The maximum atomic E-state index is 12.6. The fraction of sp³-hybridized carbons (Fsp3) is 0.647. The van der Waals surface area contributed by atoms with E-state index in [0.29, 0.717) is 44.9 Å². The van der Waals surface area contributed by atoms with Crippen molar-refractivity contribution in [1.29, 1.82) is 0 Å². The maximum absolute atomic E-state index is 12.6. The Morgan fingerprint density at radius 2 is 2.21 bits per heavy atom. The Morgan fingerprint density at radius 3 is 2.76 bits per heavy atom. The quantitative estimate of drug-likeness (QED) is 0.199. The van der Waals surface area contributed by atoms with E-state index in [9.17, 15) is 18.3 Å². The van der Waals surface area contributed by atoms with Crippen LogP contribution in [0.5, 0.6) is 5.88 Å². The lowest BCUT2D eigenvalue weighted by molar-refractivity contribution is -0.137. The van der Waals surface area contributed by atoms with Gasteiger partial charge in [-0.2, -0.15) is 13.2 Å². The van der Waals surface area contributed by atoms with Crippen molar-refractivity contribution in [2.75, 3.05) is 46.6 Å². The smallest absolute Gasteiger partial charge is 0.417 e. The first-order valence-electron chi connectivity index (χ1n) is 8.78. The molecule has 0 spiro atoms. The molecule has 29 heavy (non-hydrogen) atoms.